The molecule has 5 heteroatoms. The van der Waals surface area contributed by atoms with Crippen LogP contribution in [0, 0.1) is 0 Å². The summed E-state index contributed by atoms with van der Waals surface area (Å²) in [5.41, 5.74) is 0. The van der Waals surface area contributed by atoms with Crippen molar-refractivity contribution in [1.29, 1.82) is 0 Å². The van der Waals surface area contributed by atoms with Crippen LogP contribution in [0.15, 0.2) is 0 Å². The summed E-state index contributed by atoms with van der Waals surface area (Å²) in [6.45, 7) is 4.99. The maximum atomic E-state index is 11.4. The number of likely N-dealkylation sites (tertiary alicyclic amines) is 2. The molecule has 0 aromatic rings. The van der Waals surface area contributed by atoms with Gasteiger partial charge in [0.1, 0.15) is 0 Å². The molecule has 0 aromatic carbocycles. The van der Waals surface area contributed by atoms with Crippen LogP contribution >= 0.6 is 0 Å². The van der Waals surface area contributed by atoms with Gasteiger partial charge in [-0.05, 0) is 39.3 Å². The van der Waals surface area contributed by atoms with E-state index in [1.165, 1.54) is 25.8 Å². The van der Waals surface area contributed by atoms with Gasteiger partial charge in [-0.1, -0.05) is 6.42 Å². The van der Waals surface area contributed by atoms with E-state index in [1.807, 2.05) is 0 Å². The molecule has 0 aromatic heterocycles. The molecule has 2 rings (SSSR count). The number of likely N-dealkylation sites (N-methyl/N-ethyl adjacent to an activating group) is 2. The van der Waals surface area contributed by atoms with E-state index in [0.717, 1.165) is 32.5 Å². The van der Waals surface area contributed by atoms with Gasteiger partial charge in [0.05, 0.1) is 6.54 Å². The van der Waals surface area contributed by atoms with E-state index in [1.54, 1.807) is 7.05 Å². The molecule has 2 fully saturated rings. The molecule has 0 spiro atoms. The summed E-state index contributed by atoms with van der Waals surface area (Å²) >= 11 is 0. The monoisotopic (exact) mass is 282 g/mol. The first kappa shape index (κ1) is 15.7. The van der Waals surface area contributed by atoms with Crippen molar-refractivity contribution in [3.05, 3.63) is 0 Å². The lowest BCUT2D eigenvalue weighted by molar-refractivity contribution is -0.122. The van der Waals surface area contributed by atoms with Crippen molar-refractivity contribution < 1.29 is 4.79 Å². The molecule has 1 unspecified atom stereocenters. The number of carbonyl (C=O) groups is 1. The first-order valence-electron chi connectivity index (χ1n) is 8.05. The zero-order chi connectivity index (χ0) is 14.4. The minimum atomic E-state index is 0.125. The van der Waals surface area contributed by atoms with Gasteiger partial charge in [-0.2, -0.15) is 0 Å². The number of amides is 1. The van der Waals surface area contributed by atoms with Crippen LogP contribution in [0.5, 0.6) is 0 Å². The molecule has 5 nitrogen and oxygen atoms in total. The largest absolute Gasteiger partial charge is 0.358 e. The fraction of sp³-hybridized carbons (Fsp3) is 0.933. The summed E-state index contributed by atoms with van der Waals surface area (Å²) in [6, 6.07) is 1.35. The van der Waals surface area contributed by atoms with E-state index < -0.39 is 0 Å². The van der Waals surface area contributed by atoms with Crippen molar-refractivity contribution in [3.63, 3.8) is 0 Å². The average molecular weight is 282 g/mol. The minimum Gasteiger partial charge on any atom is -0.358 e. The first-order valence-corrected chi connectivity index (χ1v) is 8.05. The van der Waals surface area contributed by atoms with E-state index in [9.17, 15) is 4.79 Å². The highest BCUT2D eigenvalue weighted by molar-refractivity contribution is 5.77. The Morgan fingerprint density at radius 3 is 2.55 bits per heavy atom. The molecule has 2 aliphatic heterocycles. The van der Waals surface area contributed by atoms with Gasteiger partial charge in [0.2, 0.25) is 5.91 Å². The molecule has 0 aliphatic carbocycles. The SMILES string of the molecule is CNC(=O)CN1CCC(NCC2CCCCN2C)CC1. The van der Waals surface area contributed by atoms with Crippen molar-refractivity contribution in [2.75, 3.05) is 46.8 Å². The zero-order valence-electron chi connectivity index (χ0n) is 13.0. The van der Waals surface area contributed by atoms with Crippen LogP contribution in [0.4, 0.5) is 0 Å². The summed E-state index contributed by atoms with van der Waals surface area (Å²) < 4.78 is 0. The fourth-order valence-corrected chi connectivity index (χ4v) is 3.28. The topological polar surface area (TPSA) is 47.6 Å². The van der Waals surface area contributed by atoms with Gasteiger partial charge in [0.15, 0.2) is 0 Å². The van der Waals surface area contributed by atoms with Crippen LogP contribution in [-0.4, -0.2) is 74.6 Å². The van der Waals surface area contributed by atoms with Crippen molar-refractivity contribution in [2.24, 2.45) is 0 Å². The lowest BCUT2D eigenvalue weighted by Crippen LogP contribution is -2.49. The molecule has 2 saturated heterocycles. The van der Waals surface area contributed by atoms with Crippen LogP contribution in [0.3, 0.4) is 0 Å². The lowest BCUT2D eigenvalue weighted by Gasteiger charge is -2.36. The highest BCUT2D eigenvalue weighted by atomic mass is 16.1. The minimum absolute atomic E-state index is 0.125. The number of hydrogen-bond donors (Lipinski definition) is 2. The molecule has 1 atom stereocenters. The number of carbonyl (C=O) groups excluding carboxylic acids is 1. The van der Waals surface area contributed by atoms with Crippen LogP contribution in [0.1, 0.15) is 32.1 Å². The number of nitrogens with zero attached hydrogens (tertiary/aromatic N) is 2. The summed E-state index contributed by atoms with van der Waals surface area (Å²) in [7, 11) is 3.95. The molecule has 116 valence electrons. The van der Waals surface area contributed by atoms with Gasteiger partial charge in [-0.3, -0.25) is 9.69 Å². The number of rotatable bonds is 5. The van der Waals surface area contributed by atoms with E-state index in [0.29, 0.717) is 18.6 Å². The molecule has 2 heterocycles. The standard InChI is InChI=1S/C15H30N4O/c1-16-15(20)12-19-9-6-13(7-10-19)17-11-14-5-3-4-8-18(14)2/h13-14,17H,3-12H2,1-2H3,(H,16,20). The van der Waals surface area contributed by atoms with Crippen LogP contribution < -0.4 is 10.6 Å². The second-order valence-electron chi connectivity index (χ2n) is 6.26. The van der Waals surface area contributed by atoms with Gasteiger partial charge >= 0.3 is 0 Å². The summed E-state index contributed by atoms with van der Waals surface area (Å²) in [5.74, 6) is 0.125. The molecular formula is C15H30N4O. The molecular weight excluding hydrogens is 252 g/mol. The third kappa shape index (κ3) is 4.72. The van der Waals surface area contributed by atoms with Crippen molar-refractivity contribution in [1.82, 2.24) is 20.4 Å². The third-order valence-corrected chi connectivity index (χ3v) is 4.80. The molecule has 20 heavy (non-hydrogen) atoms. The predicted octanol–water partition coefficient (Wildman–Crippen LogP) is 0.271. The number of nitrogens with one attached hydrogen (secondary N) is 2. The molecule has 2 N–H and O–H groups in total. The second-order valence-corrected chi connectivity index (χ2v) is 6.26. The van der Waals surface area contributed by atoms with Crippen LogP contribution in [0.25, 0.3) is 0 Å². The maximum absolute atomic E-state index is 11.4. The Bertz CT molecular complexity index is 302. The van der Waals surface area contributed by atoms with E-state index >= 15 is 0 Å². The van der Waals surface area contributed by atoms with Gasteiger partial charge in [0.25, 0.3) is 0 Å². The van der Waals surface area contributed by atoms with Crippen LogP contribution in [0.2, 0.25) is 0 Å². The Hall–Kier alpha value is -0.650. The van der Waals surface area contributed by atoms with Crippen LogP contribution in [-0.2, 0) is 4.79 Å². The summed E-state index contributed by atoms with van der Waals surface area (Å²) in [5, 5.41) is 6.44. The smallest absolute Gasteiger partial charge is 0.233 e. The second kappa shape index (κ2) is 7.96. The Balaban J connectivity index is 1.63. The van der Waals surface area contributed by atoms with E-state index in [4.69, 9.17) is 0 Å². The Labute approximate surface area is 123 Å². The quantitative estimate of drug-likeness (QED) is 0.760. The van der Waals surface area contributed by atoms with Gasteiger partial charge in [-0.25, -0.2) is 0 Å². The van der Waals surface area contributed by atoms with Gasteiger partial charge in [-0.15, -0.1) is 0 Å². The van der Waals surface area contributed by atoms with E-state index in [-0.39, 0.29) is 5.91 Å². The lowest BCUT2D eigenvalue weighted by atomic mass is 10.0. The highest BCUT2D eigenvalue weighted by Gasteiger charge is 2.23. The summed E-state index contributed by atoms with van der Waals surface area (Å²) in [4.78, 5) is 16.1. The Morgan fingerprint density at radius 1 is 1.15 bits per heavy atom. The number of hydrogen-bond acceptors (Lipinski definition) is 4. The normalized spacial score (nSPS) is 26.6. The summed E-state index contributed by atoms with van der Waals surface area (Å²) in [6.07, 6.45) is 6.38. The average Bonchev–Trinajstić information content (AvgIpc) is 2.48. The predicted molar refractivity (Wildman–Crippen MR) is 81.8 cm³/mol. The van der Waals surface area contributed by atoms with Gasteiger partial charge in [0, 0.05) is 38.8 Å². The van der Waals surface area contributed by atoms with Crippen molar-refractivity contribution in [3.8, 4) is 0 Å². The fourth-order valence-electron chi connectivity index (χ4n) is 3.28. The number of piperidine rings is 2. The third-order valence-electron chi connectivity index (χ3n) is 4.80. The Kier molecular flexibility index (Phi) is 6.26. The maximum Gasteiger partial charge on any atom is 0.233 e. The molecule has 1 amide bonds. The Morgan fingerprint density at radius 2 is 1.90 bits per heavy atom. The molecule has 0 radical (unpaired) electrons. The van der Waals surface area contributed by atoms with Crippen molar-refractivity contribution in [2.45, 2.75) is 44.2 Å². The highest BCUT2D eigenvalue weighted by Crippen LogP contribution is 2.15. The van der Waals surface area contributed by atoms with E-state index in [2.05, 4.69) is 27.5 Å². The van der Waals surface area contributed by atoms with Gasteiger partial charge < -0.3 is 15.5 Å². The molecule has 0 saturated carbocycles. The molecule has 2 aliphatic rings. The van der Waals surface area contributed by atoms with Crippen molar-refractivity contribution >= 4 is 5.91 Å². The first-order chi connectivity index (χ1) is 9.69. The molecule has 0 bridgehead atoms. The zero-order valence-corrected chi connectivity index (χ0v) is 13.0.